The zero-order valence-electron chi connectivity index (χ0n) is 9.94. The second-order valence-electron chi connectivity index (χ2n) is 3.90. The Morgan fingerprint density at radius 3 is 2.35 bits per heavy atom. The molecule has 0 aromatic heterocycles. The number of carbonyl (C=O) groups is 2. The Morgan fingerprint density at radius 2 is 1.82 bits per heavy atom. The summed E-state index contributed by atoms with van der Waals surface area (Å²) in [5.41, 5.74) is 5.59. The SMILES string of the molecule is CC(=O)CCCCOc1ccc(C(N)=O)cc1. The van der Waals surface area contributed by atoms with E-state index in [0.717, 1.165) is 12.8 Å². The van der Waals surface area contributed by atoms with E-state index in [9.17, 15) is 9.59 Å². The standard InChI is InChI=1S/C13H17NO3/c1-10(15)4-2-3-9-17-12-7-5-11(6-8-12)13(14)16/h5-8H,2-4,9H2,1H3,(H2,14,16). The fourth-order valence-electron chi connectivity index (χ4n) is 1.38. The van der Waals surface area contributed by atoms with Gasteiger partial charge in [0, 0.05) is 12.0 Å². The molecule has 17 heavy (non-hydrogen) atoms. The van der Waals surface area contributed by atoms with E-state index in [0.29, 0.717) is 24.3 Å². The predicted octanol–water partition coefficient (Wildman–Crippen LogP) is 1.92. The number of ether oxygens (including phenoxy) is 1. The number of amides is 1. The topological polar surface area (TPSA) is 69.4 Å². The molecule has 1 aromatic rings. The first-order chi connectivity index (χ1) is 8.09. The largest absolute Gasteiger partial charge is 0.494 e. The molecule has 1 rings (SSSR count). The summed E-state index contributed by atoms with van der Waals surface area (Å²) in [6, 6.07) is 6.69. The minimum atomic E-state index is -0.446. The fraction of sp³-hybridized carbons (Fsp3) is 0.385. The van der Waals surface area contributed by atoms with Gasteiger partial charge in [0.2, 0.25) is 5.91 Å². The Hall–Kier alpha value is -1.84. The molecule has 0 saturated carbocycles. The Bertz CT molecular complexity index is 384. The zero-order valence-corrected chi connectivity index (χ0v) is 9.94. The number of nitrogens with two attached hydrogens (primary N) is 1. The normalized spacial score (nSPS) is 9.94. The molecule has 0 fully saturated rings. The van der Waals surface area contributed by atoms with E-state index in [4.69, 9.17) is 10.5 Å². The van der Waals surface area contributed by atoms with E-state index >= 15 is 0 Å². The molecule has 92 valence electrons. The number of Topliss-reactive ketones (excluding diaryl/α,β-unsaturated/α-hetero) is 1. The molecular formula is C13H17NO3. The van der Waals surface area contributed by atoms with Crippen LogP contribution in [0.4, 0.5) is 0 Å². The van der Waals surface area contributed by atoms with Crippen molar-refractivity contribution in [3.63, 3.8) is 0 Å². The van der Waals surface area contributed by atoms with Crippen LogP contribution < -0.4 is 10.5 Å². The summed E-state index contributed by atoms with van der Waals surface area (Å²) in [6.07, 6.45) is 2.29. The van der Waals surface area contributed by atoms with Gasteiger partial charge in [-0.15, -0.1) is 0 Å². The average molecular weight is 235 g/mol. The van der Waals surface area contributed by atoms with E-state index in [2.05, 4.69) is 0 Å². The third kappa shape index (κ3) is 5.15. The summed E-state index contributed by atoms with van der Waals surface area (Å²) in [4.78, 5) is 21.5. The molecule has 0 heterocycles. The van der Waals surface area contributed by atoms with Gasteiger partial charge in [-0.05, 0) is 44.0 Å². The minimum absolute atomic E-state index is 0.204. The lowest BCUT2D eigenvalue weighted by Crippen LogP contribution is -2.10. The molecule has 0 bridgehead atoms. The Labute approximate surface area is 101 Å². The number of hydrogen-bond donors (Lipinski definition) is 1. The highest BCUT2D eigenvalue weighted by Gasteiger charge is 2.00. The maximum atomic E-state index is 10.8. The highest BCUT2D eigenvalue weighted by molar-refractivity contribution is 5.92. The summed E-state index contributed by atoms with van der Waals surface area (Å²) in [5, 5.41) is 0. The lowest BCUT2D eigenvalue weighted by Gasteiger charge is -2.05. The van der Waals surface area contributed by atoms with Crippen LogP contribution in [0, 0.1) is 0 Å². The Morgan fingerprint density at radius 1 is 1.18 bits per heavy atom. The van der Waals surface area contributed by atoms with Crippen LogP contribution in [-0.4, -0.2) is 18.3 Å². The molecular weight excluding hydrogens is 218 g/mol. The molecule has 1 aromatic carbocycles. The Kier molecular flexibility index (Phi) is 5.20. The van der Waals surface area contributed by atoms with Gasteiger partial charge in [-0.2, -0.15) is 0 Å². The van der Waals surface area contributed by atoms with Crippen molar-refractivity contribution in [1.29, 1.82) is 0 Å². The molecule has 0 atom stereocenters. The third-order valence-corrected chi connectivity index (χ3v) is 2.33. The van der Waals surface area contributed by atoms with E-state index in [1.165, 1.54) is 0 Å². The molecule has 0 saturated heterocycles. The lowest BCUT2D eigenvalue weighted by atomic mass is 10.2. The third-order valence-electron chi connectivity index (χ3n) is 2.33. The van der Waals surface area contributed by atoms with Gasteiger partial charge in [0.25, 0.3) is 0 Å². The number of carbonyl (C=O) groups excluding carboxylic acids is 2. The monoisotopic (exact) mass is 235 g/mol. The van der Waals surface area contributed by atoms with Gasteiger partial charge < -0.3 is 15.3 Å². The second kappa shape index (κ2) is 6.68. The first-order valence-corrected chi connectivity index (χ1v) is 5.61. The number of primary amides is 1. The van der Waals surface area contributed by atoms with Crippen molar-refractivity contribution in [2.24, 2.45) is 5.73 Å². The minimum Gasteiger partial charge on any atom is -0.494 e. The van der Waals surface area contributed by atoms with Crippen LogP contribution in [0.1, 0.15) is 36.5 Å². The summed E-state index contributed by atoms with van der Waals surface area (Å²) in [5.74, 6) is 0.464. The maximum absolute atomic E-state index is 10.8. The number of ketones is 1. The van der Waals surface area contributed by atoms with Gasteiger partial charge in [0.05, 0.1) is 6.61 Å². The van der Waals surface area contributed by atoms with Crippen molar-refractivity contribution in [2.45, 2.75) is 26.2 Å². The van der Waals surface area contributed by atoms with Gasteiger partial charge in [0.1, 0.15) is 11.5 Å². The number of unbranched alkanes of at least 4 members (excludes halogenated alkanes) is 1. The quantitative estimate of drug-likeness (QED) is 0.734. The molecule has 0 radical (unpaired) electrons. The van der Waals surface area contributed by atoms with Crippen molar-refractivity contribution < 1.29 is 14.3 Å². The number of hydrogen-bond acceptors (Lipinski definition) is 3. The van der Waals surface area contributed by atoms with Crippen LogP contribution >= 0.6 is 0 Å². The van der Waals surface area contributed by atoms with Crippen LogP contribution in [0.25, 0.3) is 0 Å². The smallest absolute Gasteiger partial charge is 0.248 e. The van der Waals surface area contributed by atoms with Gasteiger partial charge in [-0.3, -0.25) is 4.79 Å². The van der Waals surface area contributed by atoms with Crippen molar-refractivity contribution in [3.8, 4) is 5.75 Å². The fourth-order valence-corrected chi connectivity index (χ4v) is 1.38. The second-order valence-corrected chi connectivity index (χ2v) is 3.90. The molecule has 0 unspecified atom stereocenters. The summed E-state index contributed by atoms with van der Waals surface area (Å²) >= 11 is 0. The van der Waals surface area contributed by atoms with Crippen LogP contribution in [-0.2, 0) is 4.79 Å². The highest BCUT2D eigenvalue weighted by Crippen LogP contribution is 2.12. The summed E-state index contributed by atoms with van der Waals surface area (Å²) in [7, 11) is 0. The Balaban J connectivity index is 2.27. The average Bonchev–Trinajstić information content (AvgIpc) is 2.29. The zero-order chi connectivity index (χ0) is 12.7. The van der Waals surface area contributed by atoms with E-state index in [-0.39, 0.29) is 5.78 Å². The molecule has 0 spiro atoms. The summed E-state index contributed by atoms with van der Waals surface area (Å²) in [6.45, 7) is 2.16. The first-order valence-electron chi connectivity index (χ1n) is 5.61. The highest BCUT2D eigenvalue weighted by atomic mass is 16.5. The number of rotatable bonds is 7. The van der Waals surface area contributed by atoms with E-state index < -0.39 is 5.91 Å². The van der Waals surface area contributed by atoms with Crippen LogP contribution in [0.15, 0.2) is 24.3 Å². The van der Waals surface area contributed by atoms with Crippen molar-refractivity contribution >= 4 is 11.7 Å². The lowest BCUT2D eigenvalue weighted by molar-refractivity contribution is -0.117. The van der Waals surface area contributed by atoms with Crippen molar-refractivity contribution in [2.75, 3.05) is 6.61 Å². The molecule has 0 aliphatic carbocycles. The summed E-state index contributed by atoms with van der Waals surface area (Å²) < 4.78 is 5.46. The van der Waals surface area contributed by atoms with Gasteiger partial charge in [0.15, 0.2) is 0 Å². The molecule has 4 nitrogen and oxygen atoms in total. The molecule has 2 N–H and O–H groups in total. The van der Waals surface area contributed by atoms with Crippen molar-refractivity contribution in [1.82, 2.24) is 0 Å². The molecule has 0 aliphatic heterocycles. The van der Waals surface area contributed by atoms with Gasteiger partial charge in [-0.25, -0.2) is 0 Å². The van der Waals surface area contributed by atoms with E-state index in [1.54, 1.807) is 31.2 Å². The predicted molar refractivity (Wildman–Crippen MR) is 65.0 cm³/mol. The van der Waals surface area contributed by atoms with Gasteiger partial charge >= 0.3 is 0 Å². The maximum Gasteiger partial charge on any atom is 0.248 e. The molecule has 1 amide bonds. The molecule has 0 aliphatic rings. The van der Waals surface area contributed by atoms with Crippen LogP contribution in [0.3, 0.4) is 0 Å². The van der Waals surface area contributed by atoms with E-state index in [1.807, 2.05) is 0 Å². The van der Waals surface area contributed by atoms with Crippen molar-refractivity contribution in [3.05, 3.63) is 29.8 Å². The van der Waals surface area contributed by atoms with Crippen LogP contribution in [0.5, 0.6) is 5.75 Å². The molecule has 4 heteroatoms. The number of benzene rings is 1. The van der Waals surface area contributed by atoms with Crippen LogP contribution in [0.2, 0.25) is 0 Å². The first kappa shape index (κ1) is 13.2. The van der Waals surface area contributed by atoms with Gasteiger partial charge in [-0.1, -0.05) is 0 Å².